The highest BCUT2D eigenvalue weighted by molar-refractivity contribution is 7.89. The monoisotopic (exact) mass is 312 g/mol. The van der Waals surface area contributed by atoms with E-state index in [2.05, 4.69) is 9.46 Å². The minimum absolute atomic E-state index is 0.0775. The van der Waals surface area contributed by atoms with Gasteiger partial charge in [0.05, 0.1) is 12.3 Å². The predicted octanol–water partition coefficient (Wildman–Crippen LogP) is 1.43. The van der Waals surface area contributed by atoms with E-state index in [4.69, 9.17) is 5.73 Å². The van der Waals surface area contributed by atoms with E-state index < -0.39 is 22.8 Å². The van der Waals surface area contributed by atoms with Crippen molar-refractivity contribution in [2.45, 2.75) is 18.0 Å². The number of rotatable bonds is 6. The molecule has 0 saturated heterocycles. The van der Waals surface area contributed by atoms with Crippen LogP contribution in [0.2, 0.25) is 0 Å². The van der Waals surface area contributed by atoms with E-state index in [1.54, 1.807) is 13.0 Å². The molecule has 1 aromatic rings. The second-order valence-corrected chi connectivity index (χ2v) is 5.84. The summed E-state index contributed by atoms with van der Waals surface area (Å²) in [4.78, 5) is -0.112. The van der Waals surface area contributed by atoms with Crippen LogP contribution in [0.1, 0.15) is 5.56 Å². The Bertz CT molecular complexity index is 559. The largest absolute Gasteiger partial charge is 0.411 e. The molecule has 0 amide bonds. The van der Waals surface area contributed by atoms with E-state index >= 15 is 0 Å². The second kappa shape index (κ2) is 6.42. The van der Waals surface area contributed by atoms with Gasteiger partial charge in [0.15, 0.2) is 0 Å². The molecule has 0 aliphatic heterocycles. The van der Waals surface area contributed by atoms with Crippen LogP contribution in [-0.2, 0) is 14.8 Å². The van der Waals surface area contributed by atoms with Crippen LogP contribution < -0.4 is 10.5 Å². The number of nitrogens with one attached hydrogen (secondary N) is 1. The maximum Gasteiger partial charge on any atom is 0.411 e. The number of nitrogen functional groups attached to an aromatic ring is 1. The first-order chi connectivity index (χ1) is 9.12. The van der Waals surface area contributed by atoms with E-state index in [1.807, 2.05) is 0 Å². The van der Waals surface area contributed by atoms with Crippen LogP contribution in [0.25, 0.3) is 0 Å². The normalized spacial score (nSPS) is 12.6. The number of aryl methyl sites for hydroxylation is 1. The van der Waals surface area contributed by atoms with Crippen molar-refractivity contribution in [3.05, 3.63) is 23.8 Å². The fraction of sp³-hybridized carbons (Fsp3) is 0.455. The van der Waals surface area contributed by atoms with Gasteiger partial charge in [-0.3, -0.25) is 0 Å². The van der Waals surface area contributed by atoms with Crippen molar-refractivity contribution in [3.63, 3.8) is 0 Å². The third-order valence-corrected chi connectivity index (χ3v) is 3.79. The molecule has 0 aliphatic rings. The fourth-order valence-electron chi connectivity index (χ4n) is 1.43. The van der Waals surface area contributed by atoms with Crippen molar-refractivity contribution in [3.8, 4) is 0 Å². The van der Waals surface area contributed by atoms with Crippen molar-refractivity contribution in [1.82, 2.24) is 4.72 Å². The van der Waals surface area contributed by atoms with Crippen LogP contribution in [0.4, 0.5) is 18.9 Å². The Kier molecular flexibility index (Phi) is 5.37. The molecule has 0 radical (unpaired) electrons. The average Bonchev–Trinajstić information content (AvgIpc) is 2.26. The number of sulfonamides is 1. The maximum atomic E-state index is 11.9. The molecule has 114 valence electrons. The van der Waals surface area contributed by atoms with Gasteiger partial charge in [0.25, 0.3) is 0 Å². The zero-order valence-electron chi connectivity index (χ0n) is 10.7. The summed E-state index contributed by atoms with van der Waals surface area (Å²) >= 11 is 0. The fourth-order valence-corrected chi connectivity index (χ4v) is 2.55. The Hall–Kier alpha value is -1.32. The summed E-state index contributed by atoms with van der Waals surface area (Å²) in [5, 5.41) is 0. The number of halogens is 3. The molecule has 1 rings (SSSR count). The molecule has 5 nitrogen and oxygen atoms in total. The third kappa shape index (κ3) is 5.35. The molecule has 1 aromatic carbocycles. The Balaban J connectivity index is 2.54. The Labute approximate surface area is 115 Å². The molecule has 0 saturated carbocycles. The zero-order valence-corrected chi connectivity index (χ0v) is 11.5. The molecule has 0 aliphatic carbocycles. The van der Waals surface area contributed by atoms with Gasteiger partial charge in [-0.25, -0.2) is 13.1 Å². The van der Waals surface area contributed by atoms with Crippen molar-refractivity contribution in [2.24, 2.45) is 0 Å². The second-order valence-electron chi connectivity index (χ2n) is 4.11. The zero-order chi connectivity index (χ0) is 15.4. The van der Waals surface area contributed by atoms with Gasteiger partial charge in [-0.05, 0) is 24.6 Å². The van der Waals surface area contributed by atoms with E-state index in [0.29, 0.717) is 0 Å². The van der Waals surface area contributed by atoms with E-state index in [-0.39, 0.29) is 23.7 Å². The number of nitrogens with two attached hydrogens (primary N) is 1. The number of hydrogen-bond acceptors (Lipinski definition) is 4. The lowest BCUT2D eigenvalue weighted by atomic mass is 10.2. The number of anilines is 1. The van der Waals surface area contributed by atoms with Gasteiger partial charge < -0.3 is 10.5 Å². The minimum atomic E-state index is -4.43. The highest BCUT2D eigenvalue weighted by atomic mass is 32.2. The van der Waals surface area contributed by atoms with Gasteiger partial charge in [0.2, 0.25) is 10.0 Å². The van der Waals surface area contributed by atoms with Gasteiger partial charge in [-0.15, -0.1) is 0 Å². The summed E-state index contributed by atoms with van der Waals surface area (Å²) < 4.78 is 65.5. The van der Waals surface area contributed by atoms with Crippen molar-refractivity contribution in [1.29, 1.82) is 0 Å². The molecule has 20 heavy (non-hydrogen) atoms. The number of benzene rings is 1. The smallest absolute Gasteiger partial charge is 0.398 e. The van der Waals surface area contributed by atoms with Crippen molar-refractivity contribution >= 4 is 15.7 Å². The van der Waals surface area contributed by atoms with Crippen LogP contribution in [0.5, 0.6) is 0 Å². The molecule has 3 N–H and O–H groups in total. The van der Waals surface area contributed by atoms with E-state index in [9.17, 15) is 21.6 Å². The first-order valence-corrected chi connectivity index (χ1v) is 7.10. The standard InChI is InChI=1S/C11H15F3N2O3S/c1-8-2-3-10(9(15)6-8)20(17,18)16-4-5-19-7-11(12,13)14/h2-3,6,16H,4-5,7,15H2,1H3. The van der Waals surface area contributed by atoms with Gasteiger partial charge in [-0.1, -0.05) is 6.07 Å². The summed E-state index contributed by atoms with van der Waals surface area (Å²) in [6, 6.07) is 4.41. The van der Waals surface area contributed by atoms with E-state index in [0.717, 1.165) is 5.56 Å². The lowest BCUT2D eigenvalue weighted by molar-refractivity contribution is -0.173. The average molecular weight is 312 g/mol. The molecule has 0 atom stereocenters. The lowest BCUT2D eigenvalue weighted by Gasteiger charge is -2.10. The molecule has 0 unspecified atom stereocenters. The summed E-state index contributed by atoms with van der Waals surface area (Å²) in [5.74, 6) is 0. The highest BCUT2D eigenvalue weighted by Crippen LogP contribution is 2.19. The quantitative estimate of drug-likeness (QED) is 0.615. The van der Waals surface area contributed by atoms with Gasteiger partial charge in [-0.2, -0.15) is 13.2 Å². The van der Waals surface area contributed by atoms with Crippen molar-refractivity contribution < 1.29 is 26.3 Å². The van der Waals surface area contributed by atoms with Gasteiger partial charge in [0.1, 0.15) is 11.5 Å². The molecule has 0 heterocycles. The molecule has 0 fully saturated rings. The summed E-state index contributed by atoms with van der Waals surface area (Å²) in [7, 11) is -3.86. The summed E-state index contributed by atoms with van der Waals surface area (Å²) in [5.41, 5.74) is 6.47. The molecular formula is C11H15F3N2O3S. The lowest BCUT2D eigenvalue weighted by Crippen LogP contribution is -2.29. The molecule has 9 heteroatoms. The number of alkyl halides is 3. The Morgan fingerprint density at radius 3 is 2.55 bits per heavy atom. The van der Waals surface area contributed by atoms with Crippen LogP contribution in [0, 0.1) is 6.92 Å². The number of ether oxygens (including phenoxy) is 1. The summed E-state index contributed by atoms with van der Waals surface area (Å²) in [6.45, 7) is -0.317. The van der Waals surface area contributed by atoms with Crippen LogP contribution >= 0.6 is 0 Å². The predicted molar refractivity (Wildman–Crippen MR) is 67.7 cm³/mol. The van der Waals surface area contributed by atoms with Gasteiger partial charge >= 0.3 is 6.18 Å². The molecule has 0 bridgehead atoms. The Morgan fingerprint density at radius 1 is 1.35 bits per heavy atom. The van der Waals surface area contributed by atoms with E-state index in [1.165, 1.54) is 12.1 Å². The maximum absolute atomic E-state index is 11.9. The first-order valence-electron chi connectivity index (χ1n) is 5.62. The first kappa shape index (κ1) is 16.7. The van der Waals surface area contributed by atoms with Crippen molar-refractivity contribution in [2.75, 3.05) is 25.5 Å². The topological polar surface area (TPSA) is 81.4 Å². The van der Waals surface area contributed by atoms with Crippen LogP contribution in [0.15, 0.2) is 23.1 Å². The minimum Gasteiger partial charge on any atom is -0.398 e. The third-order valence-electron chi connectivity index (χ3n) is 2.26. The number of hydrogen-bond donors (Lipinski definition) is 2. The van der Waals surface area contributed by atoms with Crippen LogP contribution in [0.3, 0.4) is 0 Å². The Morgan fingerprint density at radius 2 is 2.00 bits per heavy atom. The summed E-state index contributed by atoms with van der Waals surface area (Å²) in [6.07, 6.45) is -4.43. The molecular weight excluding hydrogens is 297 g/mol. The molecule has 0 spiro atoms. The van der Waals surface area contributed by atoms with Crippen LogP contribution in [-0.4, -0.2) is 34.4 Å². The SMILES string of the molecule is Cc1ccc(S(=O)(=O)NCCOCC(F)(F)F)c(N)c1. The highest BCUT2D eigenvalue weighted by Gasteiger charge is 2.27. The molecule has 0 aromatic heterocycles. The van der Waals surface area contributed by atoms with Gasteiger partial charge in [0, 0.05) is 6.54 Å².